The summed E-state index contributed by atoms with van der Waals surface area (Å²) in [5.41, 5.74) is -3.46. The van der Waals surface area contributed by atoms with Crippen LogP contribution < -0.4 is 18.9 Å². The predicted octanol–water partition coefficient (Wildman–Crippen LogP) is 6.21. The van der Waals surface area contributed by atoms with Crippen LogP contribution in [0.15, 0.2) is 60.7 Å². The van der Waals surface area contributed by atoms with Gasteiger partial charge in [0.15, 0.2) is 0 Å². The molecule has 4 aromatic rings. The zero-order chi connectivity index (χ0) is 30.3. The molecule has 0 spiro atoms. The topological polar surface area (TPSA) is 250 Å². The summed E-state index contributed by atoms with van der Waals surface area (Å²) in [6.45, 7) is 0. The largest absolute Gasteiger partial charge is 0.508 e. The second kappa shape index (κ2) is 10.1. The van der Waals surface area contributed by atoms with Crippen LogP contribution in [0.4, 0.5) is 22.7 Å². The van der Waals surface area contributed by atoms with E-state index in [9.17, 15) is 50.7 Å². The number of nitro benzene ring substituents is 4. The molecule has 212 valence electrons. The molecule has 0 saturated heterocycles. The molecule has 1 aliphatic rings. The van der Waals surface area contributed by atoms with Crippen molar-refractivity contribution in [3.8, 4) is 57.5 Å². The fourth-order valence-electron chi connectivity index (χ4n) is 3.83. The second-order valence-electron chi connectivity index (χ2n) is 8.34. The quantitative estimate of drug-likeness (QED) is 0.177. The molecule has 1 aliphatic heterocycles. The van der Waals surface area contributed by atoms with Gasteiger partial charge in [0, 0.05) is 48.5 Å². The third-order valence-corrected chi connectivity index (χ3v) is 5.51. The third-order valence-electron chi connectivity index (χ3n) is 5.51. The van der Waals surface area contributed by atoms with Crippen LogP contribution in [-0.2, 0) is 0 Å². The number of phenols is 2. The van der Waals surface area contributed by atoms with Gasteiger partial charge in [-0.3, -0.25) is 40.5 Å². The van der Waals surface area contributed by atoms with Crippen molar-refractivity contribution in [1.82, 2.24) is 0 Å². The number of nitrogens with zero attached hydrogens (tertiary/aromatic N) is 4. The average Bonchev–Trinajstić information content (AvgIpc) is 2.87. The summed E-state index contributed by atoms with van der Waals surface area (Å²) in [5.74, 6) is -4.65. The summed E-state index contributed by atoms with van der Waals surface area (Å²) in [6, 6.07) is 8.82. The molecule has 1 heterocycles. The van der Waals surface area contributed by atoms with Crippen LogP contribution in [0.25, 0.3) is 0 Å². The average molecular weight is 580 g/mol. The van der Waals surface area contributed by atoms with Gasteiger partial charge in [-0.1, -0.05) is 0 Å². The van der Waals surface area contributed by atoms with Crippen molar-refractivity contribution in [3.05, 3.63) is 101 Å². The Morgan fingerprint density at radius 3 is 0.857 bits per heavy atom. The van der Waals surface area contributed by atoms with Crippen LogP contribution in [0.3, 0.4) is 0 Å². The lowest BCUT2D eigenvalue weighted by atomic mass is 10.2. The van der Waals surface area contributed by atoms with Crippen LogP contribution in [-0.4, -0.2) is 29.9 Å². The Bertz CT molecular complexity index is 1590. The minimum absolute atomic E-state index is 0.319. The van der Waals surface area contributed by atoms with Crippen LogP contribution >= 0.6 is 0 Å². The number of benzene rings is 4. The molecule has 0 radical (unpaired) electrons. The highest BCUT2D eigenvalue weighted by Crippen LogP contribution is 2.47. The van der Waals surface area contributed by atoms with E-state index in [0.29, 0.717) is 12.1 Å². The number of ether oxygens (including phenoxy) is 4. The van der Waals surface area contributed by atoms with Crippen molar-refractivity contribution in [1.29, 1.82) is 0 Å². The number of hydrogen-bond donors (Lipinski definition) is 2. The van der Waals surface area contributed by atoms with E-state index >= 15 is 0 Å². The molecule has 0 saturated carbocycles. The summed E-state index contributed by atoms with van der Waals surface area (Å²) >= 11 is 0. The van der Waals surface area contributed by atoms with E-state index in [4.69, 9.17) is 18.9 Å². The highest BCUT2D eigenvalue weighted by molar-refractivity contribution is 5.65. The summed E-state index contributed by atoms with van der Waals surface area (Å²) < 4.78 is 22.2. The number of rotatable bonds is 4. The standard InChI is InChI=1S/C24H12N4O14/c29-11-1-13-5-14(2-11)40-23-10-24(20(28(37)38)8-19(23)27(35)36)42-16-4-12(30)3-15(6-16)41-22-9-21(39-13)17(25(31)32)7-18(22)26(33)34/h1-10,29-30H. The molecule has 0 aliphatic carbocycles. The minimum atomic E-state index is -0.966. The van der Waals surface area contributed by atoms with E-state index in [1.54, 1.807) is 0 Å². The zero-order valence-corrected chi connectivity index (χ0v) is 20.4. The summed E-state index contributed by atoms with van der Waals surface area (Å²) in [5, 5.41) is 67.4. The Labute approximate surface area is 230 Å². The first-order valence-corrected chi connectivity index (χ1v) is 11.2. The van der Waals surface area contributed by atoms with Crippen molar-refractivity contribution in [3.63, 3.8) is 0 Å². The molecule has 18 nitrogen and oxygen atoms in total. The van der Waals surface area contributed by atoms with Gasteiger partial charge in [0.1, 0.15) is 46.6 Å². The van der Waals surface area contributed by atoms with Crippen molar-refractivity contribution in [2.75, 3.05) is 0 Å². The minimum Gasteiger partial charge on any atom is -0.508 e. The van der Waals surface area contributed by atoms with E-state index in [0.717, 1.165) is 48.5 Å². The molecule has 0 unspecified atom stereocenters. The summed E-state index contributed by atoms with van der Waals surface area (Å²) in [7, 11) is 0. The predicted molar refractivity (Wildman–Crippen MR) is 136 cm³/mol. The number of hydrogen-bond acceptors (Lipinski definition) is 14. The summed E-state index contributed by atoms with van der Waals surface area (Å²) in [6.07, 6.45) is 0. The SMILES string of the molecule is O=[N+]([O-])c1cc([N+](=O)[O-])c2cc1Oc1cc(O)cc(c1)Oc1cc(c([N+](=O)[O-])cc1[N+](=O)[O-])Oc1cc(O)cc(c1)O2. The first-order chi connectivity index (χ1) is 19.9. The van der Waals surface area contributed by atoms with E-state index in [-0.39, 0.29) is 23.0 Å². The Balaban J connectivity index is 1.80. The lowest BCUT2D eigenvalue weighted by Gasteiger charge is -2.15. The molecule has 2 N–H and O–H groups in total. The van der Waals surface area contributed by atoms with Gasteiger partial charge in [0.2, 0.25) is 23.0 Å². The van der Waals surface area contributed by atoms with Crippen molar-refractivity contribution in [2.45, 2.75) is 0 Å². The maximum absolute atomic E-state index is 11.7. The normalized spacial score (nSPS) is 11.6. The van der Waals surface area contributed by atoms with Gasteiger partial charge in [0.05, 0.1) is 19.7 Å². The first kappa shape index (κ1) is 26.9. The highest BCUT2D eigenvalue weighted by Gasteiger charge is 2.30. The Morgan fingerprint density at radius 2 is 0.643 bits per heavy atom. The smallest absolute Gasteiger partial charge is 0.318 e. The molecule has 0 amide bonds. The van der Waals surface area contributed by atoms with Gasteiger partial charge < -0.3 is 29.2 Å². The van der Waals surface area contributed by atoms with E-state index in [1.807, 2.05) is 0 Å². The molecule has 4 aromatic carbocycles. The maximum atomic E-state index is 11.7. The maximum Gasteiger partial charge on any atom is 0.318 e. The molecule has 0 atom stereocenters. The third kappa shape index (κ3) is 5.25. The van der Waals surface area contributed by atoms with Crippen LogP contribution in [0.2, 0.25) is 0 Å². The van der Waals surface area contributed by atoms with Gasteiger partial charge in [-0.2, -0.15) is 0 Å². The number of nitro groups is 4. The van der Waals surface area contributed by atoms with Crippen LogP contribution in [0.1, 0.15) is 0 Å². The lowest BCUT2D eigenvalue weighted by Crippen LogP contribution is -2.01. The number of fused-ring (bicyclic) bond motifs is 8. The Hall–Kier alpha value is -6.72. The molecule has 5 rings (SSSR count). The highest BCUT2D eigenvalue weighted by atomic mass is 16.6. The van der Waals surface area contributed by atoms with E-state index in [2.05, 4.69) is 0 Å². The molecular formula is C24H12N4O14. The molecular weight excluding hydrogens is 568 g/mol. The van der Waals surface area contributed by atoms with Crippen molar-refractivity contribution in [2.24, 2.45) is 0 Å². The molecule has 42 heavy (non-hydrogen) atoms. The number of phenolic OH excluding ortho intramolecular Hbond substituents is 2. The van der Waals surface area contributed by atoms with Gasteiger partial charge in [-0.15, -0.1) is 0 Å². The van der Waals surface area contributed by atoms with Gasteiger partial charge in [-0.25, -0.2) is 0 Å². The van der Waals surface area contributed by atoms with Crippen molar-refractivity contribution < 1.29 is 48.9 Å². The monoisotopic (exact) mass is 580 g/mol. The van der Waals surface area contributed by atoms with Gasteiger partial charge in [-0.05, 0) is 0 Å². The molecule has 8 bridgehead atoms. The summed E-state index contributed by atoms with van der Waals surface area (Å²) in [4.78, 5) is 43.1. The lowest BCUT2D eigenvalue weighted by molar-refractivity contribution is -0.395. The first-order valence-electron chi connectivity index (χ1n) is 11.2. The Kier molecular flexibility index (Phi) is 6.47. The second-order valence-corrected chi connectivity index (χ2v) is 8.34. The van der Waals surface area contributed by atoms with Crippen LogP contribution in [0, 0.1) is 40.5 Å². The fourth-order valence-corrected chi connectivity index (χ4v) is 3.83. The van der Waals surface area contributed by atoms with E-state index < -0.39 is 76.9 Å². The van der Waals surface area contributed by atoms with E-state index in [1.165, 1.54) is 0 Å². The zero-order valence-electron chi connectivity index (χ0n) is 20.4. The van der Waals surface area contributed by atoms with Gasteiger partial charge in [0.25, 0.3) is 0 Å². The molecule has 18 heteroatoms. The van der Waals surface area contributed by atoms with Crippen molar-refractivity contribution >= 4 is 22.7 Å². The van der Waals surface area contributed by atoms with Crippen LogP contribution in [0.5, 0.6) is 57.5 Å². The fraction of sp³-hybridized carbons (Fsp3) is 0. The van der Waals surface area contributed by atoms with Gasteiger partial charge >= 0.3 is 22.7 Å². The molecule has 0 aromatic heterocycles. The Morgan fingerprint density at radius 1 is 0.405 bits per heavy atom. The number of aromatic hydroxyl groups is 2. The molecule has 0 fully saturated rings.